The Morgan fingerprint density at radius 2 is 1.97 bits per heavy atom. The summed E-state index contributed by atoms with van der Waals surface area (Å²) in [5.74, 6) is 2.62. The Bertz CT molecular complexity index is 1160. The summed E-state index contributed by atoms with van der Waals surface area (Å²) in [6, 6.07) is 12.0. The molecule has 0 N–H and O–H groups in total. The highest BCUT2D eigenvalue weighted by Gasteiger charge is 2.40. The van der Waals surface area contributed by atoms with Crippen molar-refractivity contribution < 1.29 is 14.3 Å². The zero-order chi connectivity index (χ0) is 22.9. The van der Waals surface area contributed by atoms with Gasteiger partial charge in [-0.2, -0.15) is 0 Å². The molecule has 2 saturated heterocycles. The lowest BCUT2D eigenvalue weighted by Crippen LogP contribution is -2.44. The molecule has 2 aromatic heterocycles. The molecule has 0 saturated carbocycles. The van der Waals surface area contributed by atoms with Gasteiger partial charge in [0.1, 0.15) is 5.82 Å². The predicted molar refractivity (Wildman–Crippen MR) is 127 cm³/mol. The van der Waals surface area contributed by atoms with Crippen LogP contribution in [0.1, 0.15) is 41.1 Å². The van der Waals surface area contributed by atoms with E-state index in [9.17, 15) is 4.79 Å². The van der Waals surface area contributed by atoms with Crippen molar-refractivity contribution in [3.05, 3.63) is 59.7 Å². The molecule has 0 radical (unpaired) electrons. The lowest BCUT2D eigenvalue weighted by atomic mass is 9.98. The van der Waals surface area contributed by atoms with Gasteiger partial charge in [0.25, 0.3) is 5.91 Å². The summed E-state index contributed by atoms with van der Waals surface area (Å²) in [6.07, 6.45) is 5.41. The molecule has 0 bridgehead atoms. The molecule has 0 spiro atoms. The minimum absolute atomic E-state index is 0.0350. The van der Waals surface area contributed by atoms with E-state index >= 15 is 0 Å². The fraction of sp³-hybridized carbons (Fsp3) is 0.462. The highest BCUT2D eigenvalue weighted by Crippen LogP contribution is 2.36. The molecule has 2 aliphatic rings. The molecule has 0 unspecified atom stereocenters. The third-order valence-electron chi connectivity index (χ3n) is 7.17. The number of benzene rings is 1. The molecule has 2 fully saturated rings. The van der Waals surface area contributed by atoms with E-state index in [0.29, 0.717) is 23.0 Å². The highest BCUT2D eigenvalue weighted by atomic mass is 16.5. The molecule has 1 amide bonds. The largest absolute Gasteiger partial charge is 0.493 e. The van der Waals surface area contributed by atoms with E-state index in [2.05, 4.69) is 32.5 Å². The van der Waals surface area contributed by atoms with Crippen LogP contribution in [0.3, 0.4) is 0 Å². The van der Waals surface area contributed by atoms with Gasteiger partial charge >= 0.3 is 0 Å². The summed E-state index contributed by atoms with van der Waals surface area (Å²) in [5.41, 5.74) is 2.85. The fourth-order valence-electron chi connectivity index (χ4n) is 5.62. The first-order chi connectivity index (χ1) is 16.1. The van der Waals surface area contributed by atoms with Crippen LogP contribution in [-0.4, -0.2) is 65.0 Å². The number of carbonyl (C=O) groups excluding carboxylic acids is 1. The summed E-state index contributed by atoms with van der Waals surface area (Å²) in [6.45, 7) is 5.49. The average Bonchev–Trinajstić information content (AvgIpc) is 3.31. The monoisotopic (exact) mass is 448 g/mol. The van der Waals surface area contributed by atoms with Crippen molar-refractivity contribution >= 4 is 11.4 Å². The van der Waals surface area contributed by atoms with E-state index in [0.717, 1.165) is 62.5 Å². The number of imidazole rings is 1. The smallest absolute Gasteiger partial charge is 0.258 e. The molecule has 4 heterocycles. The zero-order valence-corrected chi connectivity index (χ0v) is 19.7. The van der Waals surface area contributed by atoms with Gasteiger partial charge < -0.3 is 18.8 Å². The van der Waals surface area contributed by atoms with Crippen LogP contribution in [0.15, 0.2) is 42.6 Å². The van der Waals surface area contributed by atoms with Crippen molar-refractivity contribution in [1.82, 2.24) is 19.2 Å². The Kier molecular flexibility index (Phi) is 5.98. The second-order valence-electron chi connectivity index (χ2n) is 9.12. The molecule has 33 heavy (non-hydrogen) atoms. The number of ether oxygens (including phenoxy) is 2. The number of nitrogens with zero attached hydrogens (tertiary/aromatic N) is 4. The average molecular weight is 449 g/mol. The van der Waals surface area contributed by atoms with Crippen LogP contribution >= 0.6 is 0 Å². The summed E-state index contributed by atoms with van der Waals surface area (Å²) in [5, 5.41) is 0. The minimum atomic E-state index is 0.0350. The van der Waals surface area contributed by atoms with Crippen LogP contribution in [-0.2, 0) is 6.54 Å². The van der Waals surface area contributed by atoms with Gasteiger partial charge in [-0.25, -0.2) is 4.98 Å². The third kappa shape index (κ3) is 3.95. The van der Waals surface area contributed by atoms with Gasteiger partial charge in [-0.05, 0) is 49.9 Å². The van der Waals surface area contributed by atoms with Gasteiger partial charge in [-0.15, -0.1) is 0 Å². The van der Waals surface area contributed by atoms with Gasteiger partial charge in [0.15, 0.2) is 11.5 Å². The van der Waals surface area contributed by atoms with Crippen LogP contribution in [0.4, 0.5) is 0 Å². The Balaban J connectivity index is 1.39. The van der Waals surface area contributed by atoms with E-state index in [1.54, 1.807) is 14.2 Å². The van der Waals surface area contributed by atoms with Gasteiger partial charge in [-0.3, -0.25) is 9.69 Å². The van der Waals surface area contributed by atoms with Gasteiger partial charge in [0, 0.05) is 38.4 Å². The minimum Gasteiger partial charge on any atom is -0.493 e. The molecule has 3 aromatic rings. The number of aromatic nitrogens is 2. The Morgan fingerprint density at radius 3 is 2.79 bits per heavy atom. The molecule has 5 rings (SSSR count). The number of fused-ring (bicyclic) bond motifs is 2. The Hall–Kier alpha value is -3.06. The number of methoxy groups -OCH3 is 2. The molecular formula is C26H32N4O3. The first kappa shape index (κ1) is 21.8. The maximum Gasteiger partial charge on any atom is 0.258 e. The predicted octanol–water partition coefficient (Wildman–Crippen LogP) is 3.79. The number of likely N-dealkylation sites (tertiary alicyclic amines) is 2. The van der Waals surface area contributed by atoms with E-state index < -0.39 is 0 Å². The molecule has 0 aliphatic carbocycles. The normalized spacial score (nSPS) is 21.1. The van der Waals surface area contributed by atoms with Crippen LogP contribution < -0.4 is 9.47 Å². The second-order valence-corrected chi connectivity index (χ2v) is 9.12. The molecule has 174 valence electrons. The van der Waals surface area contributed by atoms with Gasteiger partial charge in [0.05, 0.1) is 31.0 Å². The van der Waals surface area contributed by atoms with Crippen molar-refractivity contribution in [2.24, 2.45) is 5.92 Å². The Labute approximate surface area is 194 Å². The highest BCUT2D eigenvalue weighted by molar-refractivity contribution is 5.98. The van der Waals surface area contributed by atoms with Gasteiger partial charge in [0.2, 0.25) is 0 Å². The lowest BCUT2D eigenvalue weighted by molar-refractivity contribution is 0.0659. The topological polar surface area (TPSA) is 59.3 Å². The number of hydrogen-bond donors (Lipinski definition) is 0. The molecular weight excluding hydrogens is 416 g/mol. The van der Waals surface area contributed by atoms with Crippen molar-refractivity contribution in [2.75, 3.05) is 33.9 Å². The van der Waals surface area contributed by atoms with Crippen molar-refractivity contribution in [3.63, 3.8) is 0 Å². The standard InChI is InChI=1S/C26H32N4O3/c1-18-27-21(22-11-5-7-13-29(18)22)16-28-15-19-9-4-6-14-30(23(19)17-28)26(31)20-10-8-12-24(32-2)25(20)33-3/h5,7-8,10-13,19,23H,4,6,9,14-17H2,1-3H3/t19-,23+/m0/s1. The number of hydrogen-bond acceptors (Lipinski definition) is 5. The first-order valence-electron chi connectivity index (χ1n) is 11.8. The van der Waals surface area contributed by atoms with E-state index in [1.165, 1.54) is 0 Å². The number of amides is 1. The summed E-state index contributed by atoms with van der Waals surface area (Å²) in [4.78, 5) is 23.1. The fourth-order valence-corrected chi connectivity index (χ4v) is 5.62. The number of aryl methyl sites for hydroxylation is 1. The maximum atomic E-state index is 13.7. The van der Waals surface area contributed by atoms with Crippen LogP contribution in [0.2, 0.25) is 0 Å². The van der Waals surface area contributed by atoms with Crippen molar-refractivity contribution in [2.45, 2.75) is 38.8 Å². The summed E-state index contributed by atoms with van der Waals surface area (Å²) < 4.78 is 13.2. The molecule has 7 heteroatoms. The summed E-state index contributed by atoms with van der Waals surface area (Å²) >= 11 is 0. The SMILES string of the molecule is COc1cccc(C(=O)N2CCCC[C@H]3CN(Cc4nc(C)n5ccccc45)C[C@H]32)c1OC. The third-order valence-corrected chi connectivity index (χ3v) is 7.17. The van der Waals surface area contributed by atoms with Crippen LogP contribution in [0, 0.1) is 12.8 Å². The van der Waals surface area contributed by atoms with E-state index in [-0.39, 0.29) is 11.9 Å². The second kappa shape index (κ2) is 9.06. The molecule has 1 aromatic carbocycles. The van der Waals surface area contributed by atoms with Crippen LogP contribution in [0.5, 0.6) is 11.5 Å². The number of rotatable bonds is 5. The molecule has 2 aliphatic heterocycles. The van der Waals surface area contributed by atoms with E-state index in [1.807, 2.05) is 31.2 Å². The summed E-state index contributed by atoms with van der Waals surface area (Å²) in [7, 11) is 3.19. The Morgan fingerprint density at radius 1 is 1.09 bits per heavy atom. The first-order valence-corrected chi connectivity index (χ1v) is 11.8. The van der Waals surface area contributed by atoms with E-state index in [4.69, 9.17) is 14.5 Å². The number of pyridine rings is 1. The zero-order valence-electron chi connectivity index (χ0n) is 19.7. The quantitative estimate of drug-likeness (QED) is 0.595. The molecule has 7 nitrogen and oxygen atoms in total. The lowest BCUT2D eigenvalue weighted by Gasteiger charge is -2.31. The number of para-hydroxylation sites is 1. The molecule has 2 atom stereocenters. The van der Waals surface area contributed by atoms with Crippen LogP contribution in [0.25, 0.3) is 5.52 Å². The maximum absolute atomic E-state index is 13.7. The van der Waals surface area contributed by atoms with Crippen molar-refractivity contribution in [3.8, 4) is 11.5 Å². The van der Waals surface area contributed by atoms with Crippen molar-refractivity contribution in [1.29, 1.82) is 0 Å². The van der Waals surface area contributed by atoms with Gasteiger partial charge in [-0.1, -0.05) is 18.6 Å². The number of carbonyl (C=O) groups is 1.